The van der Waals surface area contributed by atoms with Crippen LogP contribution in [0.1, 0.15) is 48.2 Å². The largest absolute Gasteiger partial charge is 0.379 e. The van der Waals surface area contributed by atoms with Gasteiger partial charge in [-0.3, -0.25) is 0 Å². The summed E-state index contributed by atoms with van der Waals surface area (Å²) in [6, 6.07) is 55.7. The SMILES string of the molecule is CC(Nc1ccc(Nc2ccccc2)cc1)c1ccc(Cc2ccc(C(C)Nc3ccc(Nc4ccccc4)cc3)cc2)cc1. The summed E-state index contributed by atoms with van der Waals surface area (Å²) in [4.78, 5) is 0. The van der Waals surface area contributed by atoms with Crippen LogP contribution in [0, 0.1) is 0 Å². The molecule has 0 amide bonds. The fraction of sp³-hybridized carbons (Fsp3) is 0.122. The van der Waals surface area contributed by atoms with Crippen molar-refractivity contribution >= 4 is 34.1 Å². The minimum Gasteiger partial charge on any atom is -0.379 e. The Bertz CT molecular complexity index is 1610. The number of hydrogen-bond acceptors (Lipinski definition) is 4. The van der Waals surface area contributed by atoms with Gasteiger partial charge >= 0.3 is 0 Å². The molecular weight excluding hydrogens is 548 g/mol. The lowest BCUT2D eigenvalue weighted by Gasteiger charge is -2.17. The van der Waals surface area contributed by atoms with Gasteiger partial charge in [-0.1, -0.05) is 84.9 Å². The van der Waals surface area contributed by atoms with Crippen molar-refractivity contribution in [1.29, 1.82) is 0 Å². The molecule has 0 saturated heterocycles. The molecule has 6 rings (SSSR count). The van der Waals surface area contributed by atoms with E-state index in [0.717, 1.165) is 40.5 Å². The minimum atomic E-state index is 0.205. The molecule has 224 valence electrons. The first kappa shape index (κ1) is 29.6. The summed E-state index contributed by atoms with van der Waals surface area (Å²) in [6.07, 6.45) is 0.913. The highest BCUT2D eigenvalue weighted by atomic mass is 14.9. The van der Waals surface area contributed by atoms with Crippen molar-refractivity contribution in [3.8, 4) is 0 Å². The average molecular weight is 589 g/mol. The highest BCUT2D eigenvalue weighted by Crippen LogP contribution is 2.25. The van der Waals surface area contributed by atoms with E-state index in [9.17, 15) is 0 Å². The van der Waals surface area contributed by atoms with E-state index < -0.39 is 0 Å². The predicted octanol–water partition coefficient (Wildman–Crippen LogP) is 11.1. The van der Waals surface area contributed by atoms with E-state index in [-0.39, 0.29) is 12.1 Å². The van der Waals surface area contributed by atoms with Gasteiger partial charge in [0.2, 0.25) is 0 Å². The molecule has 0 aliphatic carbocycles. The Morgan fingerprint density at radius 1 is 0.356 bits per heavy atom. The average Bonchev–Trinajstić information content (AvgIpc) is 3.08. The Labute approximate surface area is 267 Å². The topological polar surface area (TPSA) is 48.1 Å². The molecule has 0 aliphatic rings. The Hall–Kier alpha value is -5.48. The molecule has 4 heteroatoms. The predicted molar refractivity (Wildman–Crippen MR) is 192 cm³/mol. The molecule has 0 aliphatic heterocycles. The summed E-state index contributed by atoms with van der Waals surface area (Å²) in [5, 5.41) is 14.1. The summed E-state index contributed by atoms with van der Waals surface area (Å²) in [5.74, 6) is 0. The Morgan fingerprint density at radius 2 is 0.667 bits per heavy atom. The van der Waals surface area contributed by atoms with Gasteiger partial charge < -0.3 is 21.3 Å². The van der Waals surface area contributed by atoms with Crippen molar-refractivity contribution in [2.24, 2.45) is 0 Å². The fourth-order valence-electron chi connectivity index (χ4n) is 5.43. The van der Waals surface area contributed by atoms with Crippen LogP contribution in [0.2, 0.25) is 0 Å². The van der Waals surface area contributed by atoms with Crippen LogP contribution in [-0.2, 0) is 6.42 Å². The van der Waals surface area contributed by atoms with Crippen molar-refractivity contribution < 1.29 is 0 Å². The third-order valence-corrected chi connectivity index (χ3v) is 8.03. The van der Waals surface area contributed by atoms with Crippen molar-refractivity contribution in [3.63, 3.8) is 0 Å². The second-order valence-electron chi connectivity index (χ2n) is 11.5. The van der Waals surface area contributed by atoms with Crippen LogP contribution in [0.15, 0.2) is 158 Å². The van der Waals surface area contributed by atoms with E-state index in [2.05, 4.69) is 156 Å². The smallest absolute Gasteiger partial charge is 0.0485 e. The Kier molecular flexibility index (Phi) is 9.42. The molecule has 0 bridgehead atoms. The zero-order valence-electron chi connectivity index (χ0n) is 25.9. The van der Waals surface area contributed by atoms with E-state index in [1.54, 1.807) is 0 Å². The number of nitrogens with one attached hydrogen (secondary N) is 4. The van der Waals surface area contributed by atoms with Crippen LogP contribution in [-0.4, -0.2) is 0 Å². The first-order chi connectivity index (χ1) is 22.1. The van der Waals surface area contributed by atoms with Crippen LogP contribution in [0.25, 0.3) is 0 Å². The van der Waals surface area contributed by atoms with E-state index in [1.807, 2.05) is 36.4 Å². The van der Waals surface area contributed by atoms with Crippen molar-refractivity contribution in [1.82, 2.24) is 0 Å². The molecule has 45 heavy (non-hydrogen) atoms. The number of benzene rings is 6. The Morgan fingerprint density at radius 3 is 1.02 bits per heavy atom. The molecule has 4 N–H and O–H groups in total. The molecule has 6 aromatic rings. The van der Waals surface area contributed by atoms with Gasteiger partial charge in [-0.25, -0.2) is 0 Å². The number of anilines is 6. The fourth-order valence-corrected chi connectivity index (χ4v) is 5.43. The molecule has 0 aromatic heterocycles. The van der Waals surface area contributed by atoms with Gasteiger partial charge in [-0.15, -0.1) is 0 Å². The maximum atomic E-state index is 3.63. The molecule has 0 radical (unpaired) electrons. The van der Waals surface area contributed by atoms with Gasteiger partial charge in [0.25, 0.3) is 0 Å². The van der Waals surface area contributed by atoms with Crippen LogP contribution >= 0.6 is 0 Å². The van der Waals surface area contributed by atoms with E-state index in [1.165, 1.54) is 22.3 Å². The third-order valence-electron chi connectivity index (χ3n) is 8.03. The second-order valence-corrected chi connectivity index (χ2v) is 11.5. The van der Waals surface area contributed by atoms with Crippen LogP contribution < -0.4 is 21.3 Å². The van der Waals surface area contributed by atoms with Crippen molar-refractivity contribution in [3.05, 3.63) is 180 Å². The second kappa shape index (κ2) is 14.3. The third kappa shape index (κ3) is 8.33. The maximum absolute atomic E-state index is 3.63. The van der Waals surface area contributed by atoms with Crippen molar-refractivity contribution in [2.75, 3.05) is 21.3 Å². The van der Waals surface area contributed by atoms with Crippen molar-refractivity contribution in [2.45, 2.75) is 32.4 Å². The molecule has 2 atom stereocenters. The highest BCUT2D eigenvalue weighted by Gasteiger charge is 2.08. The van der Waals surface area contributed by atoms with Gasteiger partial charge in [0.05, 0.1) is 0 Å². The molecule has 0 saturated carbocycles. The number of para-hydroxylation sites is 2. The van der Waals surface area contributed by atoms with Crippen LogP contribution in [0.4, 0.5) is 34.1 Å². The van der Waals surface area contributed by atoms with E-state index in [0.29, 0.717) is 0 Å². The van der Waals surface area contributed by atoms with Gasteiger partial charge in [0, 0.05) is 46.2 Å². The molecule has 0 spiro atoms. The summed E-state index contributed by atoms with van der Waals surface area (Å²) in [7, 11) is 0. The molecular formula is C41H40N4. The van der Waals surface area contributed by atoms with Gasteiger partial charge in [0.1, 0.15) is 0 Å². The van der Waals surface area contributed by atoms with Gasteiger partial charge in [0.15, 0.2) is 0 Å². The zero-order chi connectivity index (χ0) is 30.8. The Balaban J connectivity index is 0.983. The summed E-state index contributed by atoms with van der Waals surface area (Å²) in [6.45, 7) is 4.41. The first-order valence-electron chi connectivity index (χ1n) is 15.6. The molecule has 0 heterocycles. The lowest BCUT2D eigenvalue weighted by Crippen LogP contribution is -2.07. The van der Waals surface area contributed by atoms with Crippen LogP contribution in [0.3, 0.4) is 0 Å². The minimum absolute atomic E-state index is 0.205. The monoisotopic (exact) mass is 588 g/mol. The van der Waals surface area contributed by atoms with Gasteiger partial charge in [-0.2, -0.15) is 0 Å². The lowest BCUT2D eigenvalue weighted by atomic mass is 9.99. The molecule has 2 unspecified atom stereocenters. The maximum Gasteiger partial charge on any atom is 0.0485 e. The van der Waals surface area contributed by atoms with E-state index >= 15 is 0 Å². The normalized spacial score (nSPS) is 12.1. The summed E-state index contributed by atoms with van der Waals surface area (Å²) >= 11 is 0. The molecule has 4 nitrogen and oxygen atoms in total. The standard InChI is InChI=1S/C41H40N4/c1-30(42-38-21-25-40(26-22-38)44-36-9-5-3-6-10-36)34-17-13-32(14-18-34)29-33-15-19-35(20-16-33)31(2)43-39-23-27-41(28-24-39)45-37-11-7-4-8-12-37/h3-28,30-31,42-45H,29H2,1-2H3. The molecule has 0 fully saturated rings. The summed E-state index contributed by atoms with van der Waals surface area (Å²) < 4.78 is 0. The summed E-state index contributed by atoms with van der Waals surface area (Å²) in [5.41, 5.74) is 11.7. The quantitative estimate of drug-likeness (QED) is 0.115. The first-order valence-corrected chi connectivity index (χ1v) is 15.6. The molecule has 6 aromatic carbocycles. The van der Waals surface area contributed by atoms with E-state index in [4.69, 9.17) is 0 Å². The highest BCUT2D eigenvalue weighted by molar-refractivity contribution is 5.63. The number of rotatable bonds is 12. The van der Waals surface area contributed by atoms with Crippen LogP contribution in [0.5, 0.6) is 0 Å². The lowest BCUT2D eigenvalue weighted by molar-refractivity contribution is 0.881. The number of hydrogen-bond donors (Lipinski definition) is 4. The zero-order valence-corrected chi connectivity index (χ0v) is 25.9. The van der Waals surface area contributed by atoms with Gasteiger partial charge in [-0.05, 0) is 115 Å².